The first-order valence-corrected chi connectivity index (χ1v) is 3.60. The first-order chi connectivity index (χ1) is 5.14. The maximum atomic E-state index is 11.1. The highest BCUT2D eigenvalue weighted by Gasteiger charge is 2.46. The maximum absolute atomic E-state index is 11.1. The Morgan fingerprint density at radius 2 is 2.36 bits per heavy atom. The van der Waals surface area contributed by atoms with Crippen molar-refractivity contribution in [2.75, 3.05) is 13.7 Å². The normalized spacial score (nSPS) is 20.7. The lowest BCUT2D eigenvalue weighted by Crippen LogP contribution is -2.46. The Balaban J connectivity index is 2.64. The smallest absolute Gasteiger partial charge is 0.313 e. The number of rotatable bonds is 2. The van der Waals surface area contributed by atoms with Crippen LogP contribution < -0.4 is 5.73 Å². The number of esters is 1. The molecule has 0 aromatic carbocycles. The highest BCUT2D eigenvalue weighted by molar-refractivity contribution is 5.79. The van der Waals surface area contributed by atoms with Gasteiger partial charge in [0.25, 0.3) is 0 Å². The lowest BCUT2D eigenvalue weighted by molar-refractivity contribution is -0.154. The summed E-state index contributed by atoms with van der Waals surface area (Å²) in [4.78, 5) is 11.1. The predicted molar refractivity (Wildman–Crippen MR) is 41.9 cm³/mol. The summed E-state index contributed by atoms with van der Waals surface area (Å²) >= 11 is 0. The lowest BCUT2D eigenvalue weighted by atomic mass is 9.66. The van der Waals surface area contributed by atoms with Crippen molar-refractivity contribution in [2.24, 2.45) is 11.1 Å². The van der Waals surface area contributed by atoms with E-state index in [4.69, 9.17) is 5.73 Å². The van der Waals surface area contributed by atoms with Crippen LogP contribution in [0, 0.1) is 5.41 Å². The van der Waals surface area contributed by atoms with Crippen molar-refractivity contribution in [2.45, 2.75) is 12.8 Å². The number of hydrogen-bond acceptors (Lipinski definition) is 3. The van der Waals surface area contributed by atoms with Crippen molar-refractivity contribution in [3.8, 4) is 0 Å². The number of carbonyl (C=O) groups is 1. The molecule has 0 aliphatic heterocycles. The van der Waals surface area contributed by atoms with Gasteiger partial charge in [0.15, 0.2) is 0 Å². The molecule has 0 amide bonds. The first-order valence-electron chi connectivity index (χ1n) is 3.60. The van der Waals surface area contributed by atoms with Crippen LogP contribution in [0.1, 0.15) is 12.8 Å². The third kappa shape index (κ3) is 1.16. The van der Waals surface area contributed by atoms with Gasteiger partial charge in [0, 0.05) is 6.54 Å². The van der Waals surface area contributed by atoms with Crippen LogP contribution in [0.25, 0.3) is 0 Å². The third-order valence-corrected chi connectivity index (χ3v) is 2.19. The molecular weight excluding hydrogens is 142 g/mol. The summed E-state index contributed by atoms with van der Waals surface area (Å²) in [6.45, 7) is 4.12. The average Bonchev–Trinajstić information content (AvgIpc) is 1.96. The molecule has 1 saturated carbocycles. The van der Waals surface area contributed by atoms with Crippen molar-refractivity contribution in [1.29, 1.82) is 0 Å². The van der Waals surface area contributed by atoms with Crippen LogP contribution in [0.15, 0.2) is 12.2 Å². The monoisotopic (exact) mass is 155 g/mol. The molecule has 0 saturated heterocycles. The summed E-state index contributed by atoms with van der Waals surface area (Å²) in [5.74, 6) is -0.201. The molecule has 3 heteroatoms. The minimum absolute atomic E-state index is 0.201. The molecular formula is C8H13NO2. The van der Waals surface area contributed by atoms with Gasteiger partial charge in [0.1, 0.15) is 0 Å². The zero-order valence-electron chi connectivity index (χ0n) is 6.72. The number of hydrogen-bond donors (Lipinski definition) is 1. The van der Waals surface area contributed by atoms with Gasteiger partial charge >= 0.3 is 5.97 Å². The Bertz CT molecular complexity index is 190. The van der Waals surface area contributed by atoms with Crippen molar-refractivity contribution in [3.05, 3.63) is 12.2 Å². The van der Waals surface area contributed by atoms with E-state index >= 15 is 0 Å². The number of ether oxygens (including phenoxy) is 1. The Hall–Kier alpha value is -0.830. The van der Waals surface area contributed by atoms with E-state index in [1.54, 1.807) is 0 Å². The predicted octanol–water partition coefficient (Wildman–Crippen LogP) is 0.454. The van der Waals surface area contributed by atoms with Gasteiger partial charge in [-0.3, -0.25) is 4.79 Å². The SMILES string of the molecule is C=C1CC(CN)(C(=O)OC)C1. The van der Waals surface area contributed by atoms with Crippen LogP contribution >= 0.6 is 0 Å². The summed E-state index contributed by atoms with van der Waals surface area (Å²) in [7, 11) is 1.39. The third-order valence-electron chi connectivity index (χ3n) is 2.19. The van der Waals surface area contributed by atoms with Gasteiger partial charge in [-0.25, -0.2) is 0 Å². The standard InChI is InChI=1S/C8H13NO2/c1-6-3-8(4-6,5-9)7(10)11-2/h1,3-5,9H2,2H3. The molecule has 1 rings (SSSR count). The number of allylic oxidation sites excluding steroid dienone is 1. The molecule has 11 heavy (non-hydrogen) atoms. The molecule has 62 valence electrons. The van der Waals surface area contributed by atoms with E-state index in [0.29, 0.717) is 19.4 Å². The summed E-state index contributed by atoms with van der Waals surface area (Å²) < 4.78 is 4.64. The summed E-state index contributed by atoms with van der Waals surface area (Å²) in [5, 5.41) is 0. The largest absolute Gasteiger partial charge is 0.469 e. The molecule has 0 spiro atoms. The Morgan fingerprint density at radius 3 is 2.64 bits per heavy atom. The Morgan fingerprint density at radius 1 is 1.82 bits per heavy atom. The first kappa shape index (κ1) is 8.27. The lowest BCUT2D eigenvalue weighted by Gasteiger charge is -2.39. The minimum Gasteiger partial charge on any atom is -0.469 e. The molecule has 1 aliphatic rings. The van der Waals surface area contributed by atoms with E-state index in [1.807, 2.05) is 0 Å². The van der Waals surface area contributed by atoms with Crippen LogP contribution in [0.2, 0.25) is 0 Å². The molecule has 0 aromatic heterocycles. The molecule has 0 heterocycles. The van der Waals surface area contributed by atoms with Crippen LogP contribution in [-0.2, 0) is 9.53 Å². The van der Waals surface area contributed by atoms with Crippen LogP contribution in [-0.4, -0.2) is 19.6 Å². The summed E-state index contributed by atoms with van der Waals surface area (Å²) in [6.07, 6.45) is 1.38. The van der Waals surface area contributed by atoms with Crippen molar-refractivity contribution in [3.63, 3.8) is 0 Å². The van der Waals surface area contributed by atoms with Gasteiger partial charge in [-0.2, -0.15) is 0 Å². The van der Waals surface area contributed by atoms with E-state index in [0.717, 1.165) is 5.57 Å². The highest BCUT2D eigenvalue weighted by atomic mass is 16.5. The van der Waals surface area contributed by atoms with E-state index in [-0.39, 0.29) is 5.97 Å². The number of carbonyl (C=O) groups excluding carboxylic acids is 1. The second-order valence-corrected chi connectivity index (χ2v) is 3.08. The second kappa shape index (κ2) is 2.66. The molecule has 0 bridgehead atoms. The molecule has 0 atom stereocenters. The van der Waals surface area contributed by atoms with Gasteiger partial charge in [-0.15, -0.1) is 0 Å². The van der Waals surface area contributed by atoms with Gasteiger partial charge in [0.05, 0.1) is 12.5 Å². The maximum Gasteiger partial charge on any atom is 0.313 e. The highest BCUT2D eigenvalue weighted by Crippen LogP contribution is 2.44. The quantitative estimate of drug-likeness (QED) is 0.465. The topological polar surface area (TPSA) is 52.3 Å². The Labute approximate surface area is 66.2 Å². The van der Waals surface area contributed by atoms with Gasteiger partial charge in [-0.05, 0) is 12.8 Å². The van der Waals surface area contributed by atoms with Crippen molar-refractivity contribution < 1.29 is 9.53 Å². The fourth-order valence-electron chi connectivity index (χ4n) is 1.49. The summed E-state index contributed by atoms with van der Waals surface area (Å²) in [6, 6.07) is 0. The molecule has 1 fully saturated rings. The second-order valence-electron chi connectivity index (χ2n) is 3.08. The summed E-state index contributed by atoms with van der Waals surface area (Å²) in [5.41, 5.74) is 6.11. The fourth-order valence-corrected chi connectivity index (χ4v) is 1.49. The molecule has 0 unspecified atom stereocenters. The number of methoxy groups -OCH3 is 1. The Kier molecular flexibility index (Phi) is 2.00. The molecule has 0 aromatic rings. The van der Waals surface area contributed by atoms with Crippen LogP contribution in [0.3, 0.4) is 0 Å². The van der Waals surface area contributed by atoms with E-state index in [2.05, 4.69) is 11.3 Å². The van der Waals surface area contributed by atoms with Crippen LogP contribution in [0.5, 0.6) is 0 Å². The molecule has 3 nitrogen and oxygen atoms in total. The van der Waals surface area contributed by atoms with E-state index in [9.17, 15) is 4.79 Å². The van der Waals surface area contributed by atoms with E-state index < -0.39 is 5.41 Å². The number of nitrogens with two attached hydrogens (primary N) is 1. The van der Waals surface area contributed by atoms with Gasteiger partial charge < -0.3 is 10.5 Å². The average molecular weight is 155 g/mol. The minimum atomic E-state index is -0.439. The molecule has 0 radical (unpaired) electrons. The zero-order valence-corrected chi connectivity index (χ0v) is 6.72. The fraction of sp³-hybridized carbons (Fsp3) is 0.625. The van der Waals surface area contributed by atoms with Crippen molar-refractivity contribution in [1.82, 2.24) is 0 Å². The zero-order chi connectivity index (χ0) is 8.48. The van der Waals surface area contributed by atoms with Crippen molar-refractivity contribution >= 4 is 5.97 Å². The molecule has 2 N–H and O–H groups in total. The van der Waals surface area contributed by atoms with Gasteiger partial charge in [-0.1, -0.05) is 12.2 Å². The molecule has 1 aliphatic carbocycles. The van der Waals surface area contributed by atoms with E-state index in [1.165, 1.54) is 7.11 Å². The van der Waals surface area contributed by atoms with Gasteiger partial charge in [0.2, 0.25) is 0 Å². The van der Waals surface area contributed by atoms with Crippen LogP contribution in [0.4, 0.5) is 0 Å².